The summed E-state index contributed by atoms with van der Waals surface area (Å²) in [6.45, 7) is 4.74. The molecule has 2 aliphatic rings. The Hall–Kier alpha value is -4.02. The van der Waals surface area contributed by atoms with Gasteiger partial charge in [0.2, 0.25) is 0 Å². The molecular weight excluding hydrogens is 536 g/mol. The molecular formula is C32H37F2N7O. The van der Waals surface area contributed by atoms with Gasteiger partial charge in [-0.15, -0.1) is 0 Å². The topological polar surface area (TPSA) is 68.7 Å². The smallest absolute Gasteiger partial charge is 0.273 e. The van der Waals surface area contributed by atoms with Gasteiger partial charge in [-0.3, -0.25) is 9.69 Å². The summed E-state index contributed by atoms with van der Waals surface area (Å²) in [5, 5.41) is 8.99. The second-order valence-corrected chi connectivity index (χ2v) is 11.5. The van der Waals surface area contributed by atoms with Crippen LogP contribution in [-0.4, -0.2) is 78.6 Å². The molecule has 2 N–H and O–H groups in total. The van der Waals surface area contributed by atoms with Gasteiger partial charge in [-0.2, -0.15) is 9.89 Å². The van der Waals surface area contributed by atoms with Crippen LogP contribution in [0.4, 0.5) is 20.2 Å². The Morgan fingerprint density at radius 3 is 2.48 bits per heavy atom. The van der Waals surface area contributed by atoms with Crippen LogP contribution < -0.4 is 15.6 Å². The first-order valence-corrected chi connectivity index (χ1v) is 14.6. The number of likely N-dealkylation sites (tertiary alicyclic amines) is 1. The summed E-state index contributed by atoms with van der Waals surface area (Å²) in [7, 11) is 4.26. The van der Waals surface area contributed by atoms with E-state index >= 15 is 0 Å². The molecule has 8 nitrogen and oxygen atoms in total. The molecule has 0 aliphatic carbocycles. The molecule has 0 radical (unpaired) electrons. The first-order chi connectivity index (χ1) is 20.3. The molecule has 1 amide bonds. The normalized spacial score (nSPS) is 18.4. The fourth-order valence-corrected chi connectivity index (χ4v) is 6.00. The highest BCUT2D eigenvalue weighted by Crippen LogP contribution is 2.33. The standard InChI is InChI=1S/C32H37F2N7O/c1-38-12-14-40(15-13-38)29-7-5-6-27(31(29)36-30-8-3-4-11-39(30)2)32(42)37-41-28-10-9-22(17-24(28)21-35-41)16-23-18-25(33)20-26(34)19-23/h5-7,9-10,17-21,30,36H,3-4,8,11-16H2,1-2H3,(H,37,42). The number of carbonyl (C=O) groups is 1. The second-order valence-electron chi connectivity index (χ2n) is 11.5. The lowest BCUT2D eigenvalue weighted by Crippen LogP contribution is -2.46. The maximum atomic E-state index is 13.8. The quantitative estimate of drug-likeness (QED) is 0.328. The van der Waals surface area contributed by atoms with Crippen LogP contribution in [0, 0.1) is 11.6 Å². The van der Waals surface area contributed by atoms with E-state index in [1.54, 1.807) is 6.20 Å². The highest BCUT2D eigenvalue weighted by molar-refractivity contribution is 6.07. The molecule has 2 fully saturated rings. The number of nitrogens with zero attached hydrogens (tertiary/aromatic N) is 5. The summed E-state index contributed by atoms with van der Waals surface area (Å²) in [5.74, 6) is -1.44. The van der Waals surface area contributed by atoms with Crippen molar-refractivity contribution >= 4 is 28.2 Å². The molecule has 3 aromatic carbocycles. The van der Waals surface area contributed by atoms with Crippen LogP contribution in [0.15, 0.2) is 60.8 Å². The molecule has 1 atom stereocenters. The molecule has 6 rings (SSSR count). The van der Waals surface area contributed by atoms with Gasteiger partial charge in [0.1, 0.15) is 11.6 Å². The maximum Gasteiger partial charge on any atom is 0.273 e. The van der Waals surface area contributed by atoms with Gasteiger partial charge >= 0.3 is 0 Å². The first-order valence-electron chi connectivity index (χ1n) is 14.6. The van der Waals surface area contributed by atoms with E-state index < -0.39 is 11.6 Å². The number of para-hydroxylation sites is 1. The Morgan fingerprint density at radius 2 is 1.71 bits per heavy atom. The zero-order valence-electron chi connectivity index (χ0n) is 24.1. The van der Waals surface area contributed by atoms with Gasteiger partial charge in [0.25, 0.3) is 5.91 Å². The van der Waals surface area contributed by atoms with Crippen LogP contribution in [0.1, 0.15) is 40.7 Å². The molecule has 2 aliphatic heterocycles. The lowest BCUT2D eigenvalue weighted by atomic mass is 10.0. The summed E-state index contributed by atoms with van der Waals surface area (Å²) in [6, 6.07) is 15.1. The number of anilines is 2. The van der Waals surface area contributed by atoms with Crippen LogP contribution in [-0.2, 0) is 6.42 Å². The number of likely N-dealkylation sites (N-methyl/N-ethyl adjacent to an activating group) is 1. The molecule has 1 unspecified atom stereocenters. The van der Waals surface area contributed by atoms with Crippen molar-refractivity contribution in [3.63, 3.8) is 0 Å². The van der Waals surface area contributed by atoms with Crippen molar-refractivity contribution in [2.75, 3.05) is 62.5 Å². The fourth-order valence-electron chi connectivity index (χ4n) is 6.00. The molecule has 4 aromatic rings. The average molecular weight is 574 g/mol. The summed E-state index contributed by atoms with van der Waals surface area (Å²) in [5.41, 5.74) is 7.61. The van der Waals surface area contributed by atoms with E-state index in [1.165, 1.54) is 23.3 Å². The van der Waals surface area contributed by atoms with Gasteiger partial charge in [-0.05, 0) is 93.8 Å². The Labute approximate surface area is 244 Å². The van der Waals surface area contributed by atoms with E-state index in [9.17, 15) is 13.6 Å². The van der Waals surface area contributed by atoms with E-state index in [4.69, 9.17) is 0 Å². The second kappa shape index (κ2) is 12.1. The third-order valence-electron chi connectivity index (χ3n) is 8.38. The number of hydrogen-bond donors (Lipinski definition) is 2. The van der Waals surface area contributed by atoms with Crippen molar-refractivity contribution in [3.05, 3.63) is 89.1 Å². The van der Waals surface area contributed by atoms with Gasteiger partial charge in [0, 0.05) is 37.6 Å². The van der Waals surface area contributed by atoms with Crippen LogP contribution >= 0.6 is 0 Å². The molecule has 220 valence electrons. The van der Waals surface area contributed by atoms with E-state index in [0.29, 0.717) is 17.5 Å². The fraction of sp³-hybridized carbons (Fsp3) is 0.375. The molecule has 10 heteroatoms. The van der Waals surface area contributed by atoms with E-state index in [-0.39, 0.29) is 12.1 Å². The molecule has 0 saturated carbocycles. The number of rotatable bonds is 7. The predicted octanol–water partition coefficient (Wildman–Crippen LogP) is 4.89. The van der Waals surface area contributed by atoms with Crippen molar-refractivity contribution in [1.82, 2.24) is 19.7 Å². The maximum absolute atomic E-state index is 13.8. The SMILES string of the molecule is CN1CCN(c2cccc(C(=O)Nn3ncc4cc(Cc5cc(F)cc(F)c5)ccc43)c2NC2CCCCN2C)CC1. The van der Waals surface area contributed by atoms with E-state index in [1.807, 2.05) is 30.3 Å². The largest absolute Gasteiger partial charge is 0.367 e. The Morgan fingerprint density at radius 1 is 0.929 bits per heavy atom. The van der Waals surface area contributed by atoms with Crippen molar-refractivity contribution in [2.45, 2.75) is 31.8 Å². The minimum absolute atomic E-state index is 0.148. The summed E-state index contributed by atoms with van der Waals surface area (Å²) >= 11 is 0. The molecule has 0 spiro atoms. The number of piperidine rings is 1. The number of carbonyl (C=O) groups excluding carboxylic acids is 1. The minimum Gasteiger partial charge on any atom is -0.367 e. The van der Waals surface area contributed by atoms with Gasteiger partial charge in [-0.25, -0.2) is 14.2 Å². The van der Waals surface area contributed by atoms with Gasteiger partial charge in [-0.1, -0.05) is 12.1 Å². The number of benzene rings is 3. The van der Waals surface area contributed by atoms with E-state index in [0.717, 1.165) is 79.5 Å². The monoisotopic (exact) mass is 573 g/mol. The Balaban J connectivity index is 1.26. The summed E-state index contributed by atoms with van der Waals surface area (Å²) < 4.78 is 27.3. The molecule has 0 bridgehead atoms. The number of nitrogens with one attached hydrogen (secondary N) is 2. The molecule has 1 aromatic heterocycles. The number of aromatic nitrogens is 2. The van der Waals surface area contributed by atoms with Crippen molar-refractivity contribution in [2.24, 2.45) is 0 Å². The molecule has 42 heavy (non-hydrogen) atoms. The van der Waals surface area contributed by atoms with Gasteiger partial charge in [0.15, 0.2) is 0 Å². The van der Waals surface area contributed by atoms with Gasteiger partial charge < -0.3 is 15.1 Å². The average Bonchev–Trinajstić information content (AvgIpc) is 3.36. The lowest BCUT2D eigenvalue weighted by molar-refractivity contribution is 0.101. The number of piperazine rings is 1. The summed E-state index contributed by atoms with van der Waals surface area (Å²) in [4.78, 5) is 22.3. The highest BCUT2D eigenvalue weighted by Gasteiger charge is 2.26. The van der Waals surface area contributed by atoms with Crippen molar-refractivity contribution in [3.8, 4) is 0 Å². The van der Waals surface area contributed by atoms with Crippen molar-refractivity contribution in [1.29, 1.82) is 0 Å². The van der Waals surface area contributed by atoms with Crippen LogP contribution in [0.25, 0.3) is 10.9 Å². The van der Waals surface area contributed by atoms with Gasteiger partial charge in [0.05, 0.1) is 34.8 Å². The molecule has 2 saturated heterocycles. The molecule has 3 heterocycles. The summed E-state index contributed by atoms with van der Waals surface area (Å²) in [6.07, 6.45) is 5.55. The van der Waals surface area contributed by atoms with Crippen LogP contribution in [0.5, 0.6) is 0 Å². The highest BCUT2D eigenvalue weighted by atomic mass is 19.1. The number of fused-ring (bicyclic) bond motifs is 1. The predicted molar refractivity (Wildman–Crippen MR) is 163 cm³/mol. The van der Waals surface area contributed by atoms with Crippen LogP contribution in [0.3, 0.4) is 0 Å². The van der Waals surface area contributed by atoms with Crippen LogP contribution in [0.2, 0.25) is 0 Å². The lowest BCUT2D eigenvalue weighted by Gasteiger charge is -2.38. The van der Waals surface area contributed by atoms with E-state index in [2.05, 4.69) is 50.7 Å². The van der Waals surface area contributed by atoms with Crippen molar-refractivity contribution < 1.29 is 13.6 Å². The zero-order valence-corrected chi connectivity index (χ0v) is 24.1. The number of amides is 1. The number of halogens is 2. The third kappa shape index (κ3) is 6.10. The third-order valence-corrected chi connectivity index (χ3v) is 8.38. The number of hydrogen-bond acceptors (Lipinski definition) is 6. The Kier molecular flexibility index (Phi) is 8.08. The Bertz CT molecular complexity index is 1560. The first kappa shape index (κ1) is 28.1. The minimum atomic E-state index is -0.595. The zero-order chi connectivity index (χ0) is 29.2.